The Morgan fingerprint density at radius 3 is 2.85 bits per heavy atom. The number of thiophene rings is 1. The van der Waals surface area contributed by atoms with Gasteiger partial charge < -0.3 is 9.64 Å². The zero-order valence-corrected chi connectivity index (χ0v) is 16.9. The fourth-order valence-corrected chi connectivity index (χ4v) is 5.00. The van der Waals surface area contributed by atoms with Gasteiger partial charge in [-0.1, -0.05) is 6.08 Å². The molecule has 0 saturated heterocycles. The van der Waals surface area contributed by atoms with Gasteiger partial charge in [0.2, 0.25) is 0 Å². The van der Waals surface area contributed by atoms with E-state index in [1.54, 1.807) is 18.3 Å². The number of rotatable bonds is 6. The number of thiazole rings is 1. The van der Waals surface area contributed by atoms with Gasteiger partial charge in [0.15, 0.2) is 6.61 Å². The van der Waals surface area contributed by atoms with Gasteiger partial charge in [-0.05, 0) is 56.9 Å². The molecular weight excluding hydrogens is 380 g/mol. The van der Waals surface area contributed by atoms with Crippen molar-refractivity contribution < 1.29 is 14.3 Å². The third-order valence-corrected chi connectivity index (χ3v) is 6.70. The van der Waals surface area contributed by atoms with Gasteiger partial charge in [-0.15, -0.1) is 11.3 Å². The minimum atomic E-state index is -0.465. The Morgan fingerprint density at radius 2 is 2.19 bits per heavy atom. The molecule has 0 atom stereocenters. The molecule has 1 amide bonds. The Kier molecular flexibility index (Phi) is 5.41. The van der Waals surface area contributed by atoms with Crippen molar-refractivity contribution >= 4 is 34.6 Å². The Balaban J connectivity index is 1.41. The number of carbonyl (C=O) groups is 2. The molecule has 0 spiro atoms. The maximum atomic E-state index is 12.7. The summed E-state index contributed by atoms with van der Waals surface area (Å²) >= 11 is 2.91. The largest absolute Gasteiger partial charge is 0.451 e. The lowest BCUT2D eigenvalue weighted by molar-refractivity contribution is -0.133. The average molecular weight is 403 g/mol. The van der Waals surface area contributed by atoms with Crippen LogP contribution in [0.2, 0.25) is 0 Å². The molecule has 4 rings (SSSR count). The highest BCUT2D eigenvalue weighted by Gasteiger charge is 2.35. The quantitative estimate of drug-likeness (QED) is 0.652. The van der Waals surface area contributed by atoms with Crippen molar-refractivity contribution in [2.75, 3.05) is 6.61 Å². The first-order valence-electron chi connectivity index (χ1n) is 9.31. The van der Waals surface area contributed by atoms with E-state index >= 15 is 0 Å². The van der Waals surface area contributed by atoms with Gasteiger partial charge in [-0.3, -0.25) is 4.79 Å². The van der Waals surface area contributed by atoms with Crippen LogP contribution in [-0.2, 0) is 9.53 Å². The maximum absolute atomic E-state index is 12.7. The predicted octanol–water partition coefficient (Wildman–Crippen LogP) is 4.79. The van der Waals surface area contributed by atoms with Crippen LogP contribution < -0.4 is 0 Å². The van der Waals surface area contributed by atoms with Gasteiger partial charge in [0.25, 0.3) is 5.91 Å². The molecule has 7 heteroatoms. The molecule has 1 saturated carbocycles. The Labute approximate surface area is 166 Å². The number of esters is 1. The smallest absolute Gasteiger partial charge is 0.350 e. The predicted molar refractivity (Wildman–Crippen MR) is 107 cm³/mol. The van der Waals surface area contributed by atoms with E-state index < -0.39 is 5.97 Å². The summed E-state index contributed by atoms with van der Waals surface area (Å²) in [7, 11) is 0. The van der Waals surface area contributed by atoms with Crippen LogP contribution in [0.5, 0.6) is 0 Å². The van der Waals surface area contributed by atoms with E-state index in [1.807, 2.05) is 21.7 Å². The van der Waals surface area contributed by atoms with Crippen LogP contribution in [0, 0.1) is 6.92 Å². The Morgan fingerprint density at radius 1 is 1.33 bits per heavy atom. The van der Waals surface area contributed by atoms with E-state index in [4.69, 9.17) is 4.74 Å². The molecule has 142 valence electrons. The van der Waals surface area contributed by atoms with Crippen LogP contribution in [0.15, 0.2) is 28.6 Å². The molecule has 0 bridgehead atoms. The topological polar surface area (TPSA) is 59.5 Å². The van der Waals surface area contributed by atoms with Crippen molar-refractivity contribution in [1.82, 2.24) is 9.88 Å². The molecule has 2 heterocycles. The van der Waals surface area contributed by atoms with Gasteiger partial charge in [-0.25, -0.2) is 9.78 Å². The minimum Gasteiger partial charge on any atom is -0.451 e. The lowest BCUT2D eigenvalue weighted by Crippen LogP contribution is -2.36. The summed E-state index contributed by atoms with van der Waals surface area (Å²) in [5.74, 6) is -0.576. The third-order valence-electron chi connectivity index (χ3n) is 4.83. The van der Waals surface area contributed by atoms with E-state index in [0.29, 0.717) is 10.6 Å². The average Bonchev–Trinajstić information content (AvgIpc) is 3.19. The highest BCUT2D eigenvalue weighted by Crippen LogP contribution is 2.34. The number of ether oxygens (including phenoxy) is 1. The zero-order valence-electron chi connectivity index (χ0n) is 15.3. The normalized spacial score (nSPS) is 16.7. The summed E-state index contributed by atoms with van der Waals surface area (Å²) in [5, 5.41) is 4.79. The number of hydrogen-bond donors (Lipinski definition) is 0. The number of carbonyl (C=O) groups excluding carboxylic acids is 2. The summed E-state index contributed by atoms with van der Waals surface area (Å²) in [6, 6.07) is 2.27. The fourth-order valence-electron chi connectivity index (χ4n) is 3.33. The van der Waals surface area contributed by atoms with Gasteiger partial charge in [0, 0.05) is 22.7 Å². The molecule has 2 aliphatic carbocycles. The number of hydrogen-bond acceptors (Lipinski definition) is 6. The van der Waals surface area contributed by atoms with E-state index in [9.17, 15) is 9.59 Å². The van der Waals surface area contributed by atoms with Gasteiger partial charge in [0.05, 0.1) is 5.69 Å². The molecule has 0 aromatic carbocycles. The second-order valence-electron chi connectivity index (χ2n) is 6.96. The fraction of sp³-hybridized carbons (Fsp3) is 0.450. The molecule has 0 radical (unpaired) electrons. The molecule has 0 N–H and O–H groups in total. The number of allylic oxidation sites excluding steroid dienone is 2. The van der Waals surface area contributed by atoms with Crippen molar-refractivity contribution in [1.29, 1.82) is 0 Å². The SMILES string of the molecule is Cc1nc(-c2ccsc2)sc1C(=O)OCC(=O)N(C1=CCCCC1)C1CC1. The number of aryl methyl sites for hydroxylation is 1. The van der Waals surface area contributed by atoms with Crippen LogP contribution >= 0.6 is 22.7 Å². The van der Waals surface area contributed by atoms with Crippen LogP contribution in [0.1, 0.15) is 53.9 Å². The van der Waals surface area contributed by atoms with Gasteiger partial charge in [0.1, 0.15) is 9.88 Å². The molecule has 0 unspecified atom stereocenters. The Bertz CT molecular complexity index is 866. The lowest BCUT2D eigenvalue weighted by Gasteiger charge is -2.27. The van der Waals surface area contributed by atoms with Crippen molar-refractivity contribution in [2.45, 2.75) is 51.5 Å². The van der Waals surface area contributed by atoms with Crippen LogP contribution in [-0.4, -0.2) is 34.4 Å². The first-order valence-corrected chi connectivity index (χ1v) is 11.1. The van der Waals surface area contributed by atoms with E-state index in [2.05, 4.69) is 11.1 Å². The summed E-state index contributed by atoms with van der Waals surface area (Å²) in [5.41, 5.74) is 2.76. The molecule has 0 aliphatic heterocycles. The molecule has 2 aromatic heterocycles. The molecule has 2 aliphatic rings. The van der Waals surface area contributed by atoms with E-state index in [-0.39, 0.29) is 18.6 Å². The first-order chi connectivity index (χ1) is 13.1. The Hall–Kier alpha value is -1.99. The second kappa shape index (κ2) is 7.94. The highest BCUT2D eigenvalue weighted by molar-refractivity contribution is 7.17. The first kappa shape index (κ1) is 18.4. The summed E-state index contributed by atoms with van der Waals surface area (Å²) in [6.45, 7) is 1.59. The van der Waals surface area contributed by atoms with Crippen molar-refractivity contribution in [3.05, 3.63) is 39.2 Å². The maximum Gasteiger partial charge on any atom is 0.350 e. The van der Waals surface area contributed by atoms with Crippen molar-refractivity contribution in [3.63, 3.8) is 0 Å². The monoisotopic (exact) mass is 402 g/mol. The standard InChI is InChI=1S/C20H22N2O3S2/c1-13-18(27-19(21-13)14-9-10-26-12-14)20(24)25-11-17(23)22(16-7-8-16)15-5-3-2-4-6-15/h5,9-10,12,16H,2-4,6-8,11H2,1H3. The zero-order chi connectivity index (χ0) is 18.8. The van der Waals surface area contributed by atoms with Crippen LogP contribution in [0.3, 0.4) is 0 Å². The molecular formula is C20H22N2O3S2. The van der Waals surface area contributed by atoms with Crippen molar-refractivity contribution in [3.8, 4) is 10.6 Å². The number of nitrogens with zero attached hydrogens (tertiary/aromatic N) is 2. The molecule has 5 nitrogen and oxygen atoms in total. The number of amides is 1. The minimum absolute atomic E-state index is 0.112. The van der Waals surface area contributed by atoms with E-state index in [0.717, 1.165) is 48.4 Å². The highest BCUT2D eigenvalue weighted by atomic mass is 32.1. The second-order valence-corrected chi connectivity index (χ2v) is 8.74. The van der Waals surface area contributed by atoms with Crippen LogP contribution in [0.4, 0.5) is 0 Å². The lowest BCUT2D eigenvalue weighted by atomic mass is 10.0. The molecule has 2 aromatic rings. The van der Waals surface area contributed by atoms with Gasteiger partial charge in [-0.2, -0.15) is 11.3 Å². The van der Waals surface area contributed by atoms with Gasteiger partial charge >= 0.3 is 5.97 Å². The summed E-state index contributed by atoms with van der Waals surface area (Å²) in [4.78, 5) is 32.1. The summed E-state index contributed by atoms with van der Waals surface area (Å²) < 4.78 is 5.37. The number of aromatic nitrogens is 1. The third kappa shape index (κ3) is 4.14. The van der Waals surface area contributed by atoms with Crippen molar-refractivity contribution in [2.24, 2.45) is 0 Å². The molecule has 27 heavy (non-hydrogen) atoms. The molecule has 1 fully saturated rings. The summed E-state index contributed by atoms with van der Waals surface area (Å²) in [6.07, 6.45) is 8.51. The van der Waals surface area contributed by atoms with Crippen LogP contribution in [0.25, 0.3) is 10.6 Å². The van der Waals surface area contributed by atoms with E-state index in [1.165, 1.54) is 17.8 Å².